The molecule has 0 saturated carbocycles. The Labute approximate surface area is 181 Å². The van der Waals surface area contributed by atoms with Crippen LogP contribution < -0.4 is 9.46 Å². The Bertz CT molecular complexity index is 1330. The summed E-state index contributed by atoms with van der Waals surface area (Å²) in [5.74, 6) is 0.679. The molecule has 0 unspecified atom stereocenters. The summed E-state index contributed by atoms with van der Waals surface area (Å²) >= 11 is 6.27. The number of nitrogens with one attached hydrogen (secondary N) is 2. The van der Waals surface area contributed by atoms with Gasteiger partial charge >= 0.3 is 0 Å². The van der Waals surface area contributed by atoms with Gasteiger partial charge in [-0.1, -0.05) is 48.0 Å². The molecule has 4 rings (SSSR count). The number of para-hydroxylation sites is 1. The van der Waals surface area contributed by atoms with Crippen molar-refractivity contribution >= 4 is 43.3 Å². The molecule has 1 heterocycles. The third-order valence-electron chi connectivity index (χ3n) is 5.20. The summed E-state index contributed by atoms with van der Waals surface area (Å²) in [6.45, 7) is 4.67. The molecule has 7 heteroatoms. The first-order valence-electron chi connectivity index (χ1n) is 9.82. The molecule has 0 aliphatic heterocycles. The van der Waals surface area contributed by atoms with Crippen molar-refractivity contribution in [3.05, 3.63) is 70.9 Å². The van der Waals surface area contributed by atoms with Crippen LogP contribution in [-0.4, -0.2) is 26.6 Å². The first-order chi connectivity index (χ1) is 14.4. The molecule has 0 spiro atoms. The maximum Gasteiger partial charge on any atom is 0.241 e. The van der Waals surface area contributed by atoms with E-state index in [1.165, 1.54) is 0 Å². The lowest BCUT2D eigenvalue weighted by Gasteiger charge is -2.13. The van der Waals surface area contributed by atoms with Gasteiger partial charge in [0.1, 0.15) is 5.75 Å². The van der Waals surface area contributed by atoms with Crippen molar-refractivity contribution in [1.29, 1.82) is 0 Å². The number of H-pyrrole nitrogens is 1. The lowest BCUT2D eigenvalue weighted by Crippen LogP contribution is -2.26. The third kappa shape index (κ3) is 3.78. The summed E-state index contributed by atoms with van der Waals surface area (Å²) in [6, 6.07) is 16.4. The van der Waals surface area contributed by atoms with Crippen LogP contribution in [0.1, 0.15) is 18.2 Å². The van der Waals surface area contributed by atoms with E-state index in [1.807, 2.05) is 50.2 Å². The predicted octanol–water partition coefficient (Wildman–Crippen LogP) is 5.20. The number of aromatic amines is 1. The van der Waals surface area contributed by atoms with Crippen molar-refractivity contribution in [3.8, 4) is 5.75 Å². The second kappa shape index (κ2) is 8.30. The number of benzene rings is 3. The minimum Gasteiger partial charge on any atom is -0.493 e. The largest absolute Gasteiger partial charge is 0.493 e. The van der Waals surface area contributed by atoms with Gasteiger partial charge in [-0.15, -0.1) is 0 Å². The number of rotatable bonds is 7. The van der Waals surface area contributed by atoms with Crippen LogP contribution in [0.2, 0.25) is 5.02 Å². The van der Waals surface area contributed by atoms with Gasteiger partial charge in [-0.25, -0.2) is 13.1 Å². The highest BCUT2D eigenvalue weighted by atomic mass is 35.5. The van der Waals surface area contributed by atoms with Crippen LogP contribution in [0, 0.1) is 6.92 Å². The monoisotopic (exact) mass is 442 g/mol. The molecule has 0 fully saturated rings. The molecule has 0 saturated heterocycles. The molecular weight excluding hydrogens is 420 g/mol. The van der Waals surface area contributed by atoms with Crippen LogP contribution in [0.25, 0.3) is 21.7 Å². The summed E-state index contributed by atoms with van der Waals surface area (Å²) in [6.07, 6.45) is 0.556. The maximum absolute atomic E-state index is 13.1. The molecule has 4 aromatic rings. The average molecular weight is 443 g/mol. The molecule has 0 radical (unpaired) electrons. The zero-order valence-corrected chi connectivity index (χ0v) is 18.4. The summed E-state index contributed by atoms with van der Waals surface area (Å²) < 4.78 is 34.5. The van der Waals surface area contributed by atoms with E-state index in [-0.39, 0.29) is 11.4 Å². The van der Waals surface area contributed by atoms with Crippen molar-refractivity contribution in [3.63, 3.8) is 0 Å². The number of sulfonamides is 1. The van der Waals surface area contributed by atoms with Gasteiger partial charge in [0.25, 0.3) is 0 Å². The Hall–Kier alpha value is -2.54. The molecule has 3 aromatic carbocycles. The van der Waals surface area contributed by atoms with E-state index in [0.717, 1.165) is 27.5 Å². The Morgan fingerprint density at radius 1 is 1.00 bits per heavy atom. The molecule has 0 atom stereocenters. The molecule has 0 aliphatic rings. The van der Waals surface area contributed by atoms with Crippen LogP contribution in [0.4, 0.5) is 0 Å². The van der Waals surface area contributed by atoms with Crippen LogP contribution in [0.3, 0.4) is 0 Å². The fraction of sp³-hybridized carbons (Fsp3) is 0.217. The minimum atomic E-state index is -3.69. The van der Waals surface area contributed by atoms with Gasteiger partial charge in [-0.3, -0.25) is 0 Å². The zero-order valence-electron chi connectivity index (χ0n) is 16.8. The molecule has 0 aliphatic carbocycles. The quantitative estimate of drug-likeness (QED) is 0.413. The first kappa shape index (κ1) is 20.7. The van der Waals surface area contributed by atoms with Crippen LogP contribution in [0.5, 0.6) is 5.75 Å². The zero-order chi connectivity index (χ0) is 21.3. The maximum atomic E-state index is 13.1. The summed E-state index contributed by atoms with van der Waals surface area (Å²) in [4.78, 5) is 3.54. The van der Waals surface area contributed by atoms with E-state index < -0.39 is 10.0 Å². The fourth-order valence-electron chi connectivity index (χ4n) is 3.84. The standard InChI is InChI=1S/C23H23ClN2O3S/c1-3-29-21-11-12-22(18-8-5-4-7-17(18)21)30(27,28)25-14-13-16-15(2)26-23-19(16)9-6-10-20(23)24/h4-12,25-26H,3,13-14H2,1-2H3. The lowest BCUT2D eigenvalue weighted by molar-refractivity contribution is 0.344. The van der Waals surface area contributed by atoms with Crippen molar-refractivity contribution < 1.29 is 13.2 Å². The van der Waals surface area contributed by atoms with E-state index in [4.69, 9.17) is 16.3 Å². The summed E-state index contributed by atoms with van der Waals surface area (Å²) in [5.41, 5.74) is 2.93. The first-order valence-corrected chi connectivity index (χ1v) is 11.7. The molecule has 30 heavy (non-hydrogen) atoms. The Morgan fingerprint density at radius 2 is 1.73 bits per heavy atom. The van der Waals surface area contributed by atoms with Crippen molar-refractivity contribution in [1.82, 2.24) is 9.71 Å². The molecule has 1 aromatic heterocycles. The van der Waals surface area contributed by atoms with E-state index in [9.17, 15) is 8.42 Å². The van der Waals surface area contributed by atoms with Gasteiger partial charge in [0, 0.05) is 28.4 Å². The average Bonchev–Trinajstić information content (AvgIpc) is 3.05. The fourth-order valence-corrected chi connectivity index (χ4v) is 5.30. The van der Waals surface area contributed by atoms with E-state index in [0.29, 0.717) is 29.2 Å². The van der Waals surface area contributed by atoms with Crippen molar-refractivity contribution in [2.24, 2.45) is 0 Å². The van der Waals surface area contributed by atoms with E-state index in [1.54, 1.807) is 18.2 Å². The Morgan fingerprint density at radius 3 is 2.50 bits per heavy atom. The topological polar surface area (TPSA) is 71.2 Å². The van der Waals surface area contributed by atoms with Gasteiger partial charge in [0.05, 0.1) is 22.0 Å². The number of aryl methyl sites for hydroxylation is 1. The molecule has 0 amide bonds. The number of hydrogen-bond acceptors (Lipinski definition) is 3. The normalized spacial score (nSPS) is 12.0. The van der Waals surface area contributed by atoms with E-state index in [2.05, 4.69) is 9.71 Å². The second-order valence-corrected chi connectivity index (χ2v) is 9.22. The molecule has 0 bridgehead atoms. The van der Waals surface area contributed by atoms with Gasteiger partial charge in [0.15, 0.2) is 0 Å². The van der Waals surface area contributed by atoms with Crippen molar-refractivity contribution in [2.45, 2.75) is 25.2 Å². The number of ether oxygens (including phenoxy) is 1. The molecular formula is C23H23ClN2O3S. The SMILES string of the molecule is CCOc1ccc(S(=O)(=O)NCCc2c(C)[nH]c3c(Cl)cccc23)c2ccccc12. The number of aromatic nitrogens is 1. The van der Waals surface area contributed by atoms with Crippen molar-refractivity contribution in [2.75, 3.05) is 13.2 Å². The van der Waals surface area contributed by atoms with Gasteiger partial charge in [-0.2, -0.15) is 0 Å². The molecule has 5 nitrogen and oxygen atoms in total. The van der Waals surface area contributed by atoms with E-state index >= 15 is 0 Å². The van der Waals surface area contributed by atoms with Gasteiger partial charge in [-0.05, 0) is 44.0 Å². The summed E-state index contributed by atoms with van der Waals surface area (Å²) in [5, 5.41) is 3.10. The molecule has 156 valence electrons. The second-order valence-electron chi connectivity index (χ2n) is 7.08. The number of halogens is 1. The highest BCUT2D eigenvalue weighted by molar-refractivity contribution is 7.89. The smallest absolute Gasteiger partial charge is 0.241 e. The highest BCUT2D eigenvalue weighted by Crippen LogP contribution is 2.31. The third-order valence-corrected chi connectivity index (χ3v) is 7.04. The van der Waals surface area contributed by atoms with Crippen LogP contribution >= 0.6 is 11.6 Å². The Balaban J connectivity index is 1.60. The van der Waals surface area contributed by atoms with Gasteiger partial charge in [0.2, 0.25) is 10.0 Å². The lowest BCUT2D eigenvalue weighted by atomic mass is 10.1. The Kier molecular flexibility index (Phi) is 5.73. The number of hydrogen-bond donors (Lipinski definition) is 2. The predicted molar refractivity (Wildman–Crippen MR) is 122 cm³/mol. The minimum absolute atomic E-state index is 0.250. The highest BCUT2D eigenvalue weighted by Gasteiger charge is 2.19. The molecule has 2 N–H and O–H groups in total. The number of fused-ring (bicyclic) bond motifs is 2. The van der Waals surface area contributed by atoms with Crippen LogP contribution in [0.15, 0.2) is 59.5 Å². The van der Waals surface area contributed by atoms with Crippen LogP contribution in [-0.2, 0) is 16.4 Å². The summed E-state index contributed by atoms with van der Waals surface area (Å²) in [7, 11) is -3.69. The van der Waals surface area contributed by atoms with Gasteiger partial charge < -0.3 is 9.72 Å².